The Morgan fingerprint density at radius 3 is 2.77 bits per heavy atom. The summed E-state index contributed by atoms with van der Waals surface area (Å²) in [5.41, 5.74) is 0.702. The summed E-state index contributed by atoms with van der Waals surface area (Å²) in [6, 6.07) is 6.03. The normalized spacial score (nSPS) is 24.9. The van der Waals surface area contributed by atoms with E-state index in [4.69, 9.17) is 9.47 Å². The highest BCUT2D eigenvalue weighted by atomic mass is 16.6. The number of carbonyl (C=O) groups excluding carboxylic acids is 1. The van der Waals surface area contributed by atoms with E-state index in [1.165, 1.54) is 4.90 Å². The van der Waals surface area contributed by atoms with Crippen LogP contribution in [0.2, 0.25) is 0 Å². The molecule has 2 unspecified atom stereocenters. The summed E-state index contributed by atoms with van der Waals surface area (Å²) in [5.74, 6) is -0.0394. The lowest BCUT2D eigenvalue weighted by atomic mass is 9.80. The van der Waals surface area contributed by atoms with E-state index >= 15 is 0 Å². The highest BCUT2D eigenvalue weighted by molar-refractivity contribution is 5.78. The van der Waals surface area contributed by atoms with Crippen molar-refractivity contribution >= 4 is 12.1 Å². The largest absolute Gasteiger partial charge is 0.490 e. The Labute approximate surface area is 154 Å². The average Bonchev–Trinajstić information content (AvgIpc) is 3.10. The molecule has 0 radical (unpaired) electrons. The predicted molar refractivity (Wildman–Crippen MR) is 96.4 cm³/mol. The third-order valence-electron chi connectivity index (χ3n) is 5.03. The van der Waals surface area contributed by atoms with Gasteiger partial charge in [0.1, 0.15) is 17.5 Å². The van der Waals surface area contributed by atoms with Crippen molar-refractivity contribution in [3.05, 3.63) is 29.3 Å². The second-order valence-corrected chi connectivity index (χ2v) is 8.50. The van der Waals surface area contributed by atoms with E-state index in [9.17, 15) is 14.7 Å². The van der Waals surface area contributed by atoms with Crippen LogP contribution < -0.4 is 4.74 Å². The number of likely N-dealkylation sites (tertiary alicyclic amines) is 1. The van der Waals surface area contributed by atoms with Gasteiger partial charge in [-0.3, -0.25) is 4.79 Å². The molecule has 0 aromatic heterocycles. The highest BCUT2D eigenvalue weighted by Crippen LogP contribution is 2.40. The molecule has 0 spiro atoms. The van der Waals surface area contributed by atoms with E-state index in [1.54, 1.807) is 20.8 Å². The third-order valence-corrected chi connectivity index (χ3v) is 5.03. The minimum absolute atomic E-state index is 0.159. The van der Waals surface area contributed by atoms with Crippen molar-refractivity contribution in [1.82, 2.24) is 4.90 Å². The molecule has 1 fully saturated rings. The van der Waals surface area contributed by atoms with Crippen molar-refractivity contribution in [3.8, 4) is 5.75 Å². The van der Waals surface area contributed by atoms with Crippen LogP contribution in [-0.2, 0) is 16.0 Å². The van der Waals surface area contributed by atoms with Gasteiger partial charge in [0.25, 0.3) is 0 Å². The molecule has 1 N–H and O–H groups in total. The van der Waals surface area contributed by atoms with E-state index in [-0.39, 0.29) is 12.6 Å². The van der Waals surface area contributed by atoms with Crippen LogP contribution in [0.4, 0.5) is 4.79 Å². The topological polar surface area (TPSA) is 76.1 Å². The Hall–Kier alpha value is -2.24. The number of carboxylic acids is 1. The number of benzene rings is 1. The van der Waals surface area contributed by atoms with Gasteiger partial charge in [-0.15, -0.1) is 0 Å². The van der Waals surface area contributed by atoms with Crippen molar-refractivity contribution in [2.24, 2.45) is 5.41 Å². The van der Waals surface area contributed by atoms with Crippen LogP contribution in [0.25, 0.3) is 0 Å². The van der Waals surface area contributed by atoms with Crippen LogP contribution in [0.1, 0.15) is 44.7 Å². The fourth-order valence-corrected chi connectivity index (χ4v) is 3.78. The molecular formula is C20H27NO5. The van der Waals surface area contributed by atoms with Crippen LogP contribution in [-0.4, -0.2) is 46.9 Å². The van der Waals surface area contributed by atoms with Crippen molar-refractivity contribution in [2.45, 2.75) is 58.7 Å². The Morgan fingerprint density at radius 2 is 2.12 bits per heavy atom. The molecule has 6 nitrogen and oxygen atoms in total. The molecular weight excluding hydrogens is 334 g/mol. The summed E-state index contributed by atoms with van der Waals surface area (Å²) in [5, 5.41) is 9.88. The number of fused-ring (bicyclic) bond motifs is 1. The van der Waals surface area contributed by atoms with Crippen LogP contribution in [0, 0.1) is 12.3 Å². The lowest BCUT2D eigenvalue weighted by Gasteiger charge is -2.28. The molecule has 1 saturated heterocycles. The monoisotopic (exact) mass is 361 g/mol. The zero-order valence-electron chi connectivity index (χ0n) is 15.9. The Morgan fingerprint density at radius 1 is 1.38 bits per heavy atom. The number of amides is 1. The molecule has 1 aromatic carbocycles. The van der Waals surface area contributed by atoms with Gasteiger partial charge in [-0.05, 0) is 45.7 Å². The fourth-order valence-electron chi connectivity index (χ4n) is 3.78. The summed E-state index contributed by atoms with van der Waals surface area (Å²) in [6.45, 7) is 7.99. The second-order valence-electron chi connectivity index (χ2n) is 8.50. The second kappa shape index (κ2) is 6.49. The highest BCUT2D eigenvalue weighted by Gasteiger charge is 2.49. The molecule has 0 saturated carbocycles. The number of ether oxygens (including phenoxy) is 2. The first-order valence-corrected chi connectivity index (χ1v) is 9.05. The van der Waals surface area contributed by atoms with Crippen molar-refractivity contribution in [2.75, 3.05) is 13.1 Å². The molecule has 2 atom stereocenters. The minimum Gasteiger partial charge on any atom is -0.490 e. The van der Waals surface area contributed by atoms with Gasteiger partial charge < -0.3 is 19.5 Å². The number of carbonyl (C=O) groups is 2. The number of carboxylic acid groups (broad SMARTS) is 1. The summed E-state index contributed by atoms with van der Waals surface area (Å²) in [6.07, 6.45) is 0.873. The van der Waals surface area contributed by atoms with Crippen molar-refractivity contribution < 1.29 is 24.2 Å². The smallest absolute Gasteiger partial charge is 0.410 e. The molecule has 2 aliphatic heterocycles. The molecule has 2 heterocycles. The van der Waals surface area contributed by atoms with E-state index in [1.807, 2.05) is 19.1 Å². The number of nitrogens with zero attached hydrogens (tertiary/aromatic N) is 1. The molecule has 6 heteroatoms. The van der Waals surface area contributed by atoms with Gasteiger partial charge in [-0.2, -0.15) is 0 Å². The summed E-state index contributed by atoms with van der Waals surface area (Å²) < 4.78 is 11.4. The van der Waals surface area contributed by atoms with Crippen LogP contribution in [0.15, 0.2) is 18.2 Å². The maximum atomic E-state index is 12.3. The molecule has 142 valence electrons. The third kappa shape index (κ3) is 3.79. The first-order chi connectivity index (χ1) is 12.1. The molecule has 0 aliphatic carbocycles. The number of hydrogen-bond donors (Lipinski definition) is 1. The van der Waals surface area contributed by atoms with E-state index in [0.29, 0.717) is 25.8 Å². The maximum absolute atomic E-state index is 12.3. The summed E-state index contributed by atoms with van der Waals surface area (Å²) >= 11 is 0. The molecule has 3 rings (SSSR count). The van der Waals surface area contributed by atoms with Crippen molar-refractivity contribution in [1.29, 1.82) is 0 Å². The lowest BCUT2D eigenvalue weighted by Crippen LogP contribution is -2.41. The van der Waals surface area contributed by atoms with E-state index in [0.717, 1.165) is 16.9 Å². The predicted octanol–water partition coefficient (Wildman–Crippen LogP) is 3.40. The van der Waals surface area contributed by atoms with Gasteiger partial charge in [0.05, 0.1) is 5.41 Å². The van der Waals surface area contributed by atoms with E-state index < -0.39 is 23.1 Å². The zero-order valence-corrected chi connectivity index (χ0v) is 15.9. The first kappa shape index (κ1) is 18.5. The number of aryl methyl sites for hydroxylation is 1. The van der Waals surface area contributed by atoms with Gasteiger partial charge in [0.15, 0.2) is 0 Å². The number of hydrogen-bond acceptors (Lipinski definition) is 4. The summed E-state index contributed by atoms with van der Waals surface area (Å²) in [7, 11) is 0. The van der Waals surface area contributed by atoms with Crippen LogP contribution in [0.5, 0.6) is 5.75 Å². The summed E-state index contributed by atoms with van der Waals surface area (Å²) in [4.78, 5) is 25.9. The number of rotatable bonds is 3. The Kier molecular flexibility index (Phi) is 4.63. The fraction of sp³-hybridized carbons (Fsp3) is 0.600. The Balaban J connectivity index is 1.69. The molecule has 0 bridgehead atoms. The van der Waals surface area contributed by atoms with Crippen molar-refractivity contribution in [3.63, 3.8) is 0 Å². The standard InChI is InChI=1S/C20H27NO5/c1-13-5-6-16-14(9-13)10-15(25-16)11-20(17(22)23)7-8-21(12-20)18(24)26-19(2,3)4/h5-6,9,15H,7-8,10-12H2,1-4H3,(H,22,23). The first-order valence-electron chi connectivity index (χ1n) is 9.05. The van der Waals surface area contributed by atoms with Gasteiger partial charge in [0.2, 0.25) is 0 Å². The zero-order chi connectivity index (χ0) is 19.1. The quantitative estimate of drug-likeness (QED) is 0.893. The number of aliphatic carboxylic acids is 1. The van der Waals surface area contributed by atoms with Gasteiger partial charge >= 0.3 is 12.1 Å². The Bertz CT molecular complexity index is 723. The molecule has 1 aromatic rings. The van der Waals surface area contributed by atoms with E-state index in [2.05, 4.69) is 6.07 Å². The molecule has 1 amide bonds. The van der Waals surface area contributed by atoms with Crippen LogP contribution >= 0.6 is 0 Å². The minimum atomic E-state index is -0.987. The maximum Gasteiger partial charge on any atom is 0.410 e. The SMILES string of the molecule is Cc1ccc2c(c1)CC(CC1(C(=O)O)CCN(C(=O)OC(C)(C)C)C1)O2. The van der Waals surface area contributed by atoms with Gasteiger partial charge in [-0.25, -0.2) is 4.79 Å². The van der Waals surface area contributed by atoms with Crippen LogP contribution in [0.3, 0.4) is 0 Å². The lowest BCUT2D eigenvalue weighted by molar-refractivity contribution is -0.149. The average molecular weight is 361 g/mol. The van der Waals surface area contributed by atoms with Gasteiger partial charge in [0, 0.05) is 25.9 Å². The molecule has 2 aliphatic rings. The van der Waals surface area contributed by atoms with Gasteiger partial charge in [-0.1, -0.05) is 17.7 Å². The molecule has 26 heavy (non-hydrogen) atoms.